The van der Waals surface area contributed by atoms with Gasteiger partial charge in [-0.1, -0.05) is 50.2 Å². The molecule has 2 rings (SSSR count). The van der Waals surface area contributed by atoms with Crippen LogP contribution in [0.3, 0.4) is 0 Å². The van der Waals surface area contributed by atoms with Crippen LogP contribution >= 0.6 is 0 Å². The number of amides is 2. The highest BCUT2D eigenvalue weighted by Gasteiger charge is 2.22. The van der Waals surface area contributed by atoms with Gasteiger partial charge in [0.2, 0.25) is 0 Å². The molecular weight excluding hydrogens is 276 g/mol. The minimum absolute atomic E-state index is 0.0178. The number of nitrogens with one attached hydrogen (secondary N) is 1. The molecule has 2 aromatic rings. The summed E-state index contributed by atoms with van der Waals surface area (Å²) in [6.07, 6.45) is 0. The van der Waals surface area contributed by atoms with Crippen molar-refractivity contribution in [2.75, 3.05) is 18.1 Å². The third kappa shape index (κ3) is 4.09. The van der Waals surface area contributed by atoms with Gasteiger partial charge in [0, 0.05) is 18.6 Å². The van der Waals surface area contributed by atoms with E-state index in [-0.39, 0.29) is 18.1 Å². The van der Waals surface area contributed by atoms with Gasteiger partial charge in [0.1, 0.15) is 0 Å². The zero-order valence-electron chi connectivity index (χ0n) is 13.0. The highest BCUT2D eigenvalue weighted by atomic mass is 16.3. The van der Waals surface area contributed by atoms with Gasteiger partial charge in [-0.25, -0.2) is 4.79 Å². The average molecular weight is 298 g/mol. The van der Waals surface area contributed by atoms with E-state index in [9.17, 15) is 9.90 Å². The first-order valence-corrected chi connectivity index (χ1v) is 7.32. The fourth-order valence-corrected chi connectivity index (χ4v) is 1.99. The summed E-state index contributed by atoms with van der Waals surface area (Å²) in [5.74, 6) is 0. The number of aliphatic hydroxyl groups excluding tert-OH is 1. The Bertz CT molecular complexity index is 557. The minimum Gasteiger partial charge on any atom is -0.396 e. The van der Waals surface area contributed by atoms with Gasteiger partial charge in [-0.15, -0.1) is 0 Å². The Kier molecular flexibility index (Phi) is 5.17. The van der Waals surface area contributed by atoms with Crippen molar-refractivity contribution in [3.63, 3.8) is 0 Å². The van der Waals surface area contributed by atoms with Gasteiger partial charge < -0.3 is 10.4 Å². The second-order valence-electron chi connectivity index (χ2n) is 5.99. The summed E-state index contributed by atoms with van der Waals surface area (Å²) in [5, 5.41) is 12.2. The third-order valence-corrected chi connectivity index (χ3v) is 3.38. The van der Waals surface area contributed by atoms with E-state index in [2.05, 4.69) is 5.32 Å². The molecule has 0 radical (unpaired) electrons. The average Bonchev–Trinajstić information content (AvgIpc) is 2.55. The highest BCUT2D eigenvalue weighted by Crippen LogP contribution is 2.25. The lowest BCUT2D eigenvalue weighted by Crippen LogP contribution is -2.42. The first-order valence-electron chi connectivity index (χ1n) is 7.32. The van der Waals surface area contributed by atoms with Gasteiger partial charge in [0.05, 0.1) is 11.4 Å². The lowest BCUT2D eigenvalue weighted by atomic mass is 9.95. The maximum absolute atomic E-state index is 12.6. The third-order valence-electron chi connectivity index (χ3n) is 3.38. The van der Waals surface area contributed by atoms with E-state index in [0.29, 0.717) is 6.54 Å². The van der Waals surface area contributed by atoms with Gasteiger partial charge in [-0.2, -0.15) is 0 Å². The van der Waals surface area contributed by atoms with Crippen LogP contribution in [0.15, 0.2) is 60.7 Å². The van der Waals surface area contributed by atoms with Gasteiger partial charge in [0.25, 0.3) is 0 Å². The number of carbonyl (C=O) groups excluding carboxylic acids is 1. The molecule has 0 saturated heterocycles. The minimum atomic E-state index is -0.352. The molecule has 0 saturated carbocycles. The summed E-state index contributed by atoms with van der Waals surface area (Å²) < 4.78 is 0. The molecule has 0 fully saturated rings. The van der Waals surface area contributed by atoms with Crippen LogP contribution in [0.5, 0.6) is 0 Å². The summed E-state index contributed by atoms with van der Waals surface area (Å²) in [7, 11) is 0. The van der Waals surface area contributed by atoms with Crippen molar-refractivity contribution in [3.05, 3.63) is 60.7 Å². The molecule has 2 amide bonds. The summed E-state index contributed by atoms with van der Waals surface area (Å²) >= 11 is 0. The van der Waals surface area contributed by atoms with E-state index in [1.54, 1.807) is 4.90 Å². The van der Waals surface area contributed by atoms with Crippen LogP contribution in [-0.4, -0.2) is 24.3 Å². The molecule has 0 aliphatic carbocycles. The predicted molar refractivity (Wildman–Crippen MR) is 89.3 cm³/mol. The number of aliphatic hydroxyl groups is 1. The Morgan fingerprint density at radius 2 is 1.45 bits per heavy atom. The molecule has 2 aromatic carbocycles. The van der Waals surface area contributed by atoms with Gasteiger partial charge in [0.15, 0.2) is 0 Å². The van der Waals surface area contributed by atoms with Crippen molar-refractivity contribution < 1.29 is 9.90 Å². The van der Waals surface area contributed by atoms with Crippen LogP contribution < -0.4 is 10.2 Å². The first-order chi connectivity index (χ1) is 10.5. The molecule has 4 nitrogen and oxygen atoms in total. The topological polar surface area (TPSA) is 52.6 Å². The zero-order valence-corrected chi connectivity index (χ0v) is 13.0. The Morgan fingerprint density at radius 1 is 1.00 bits per heavy atom. The maximum Gasteiger partial charge on any atom is 0.326 e. The van der Waals surface area contributed by atoms with Crippen LogP contribution in [0, 0.1) is 5.41 Å². The Hall–Kier alpha value is -2.33. The number of carbonyl (C=O) groups is 1. The molecule has 0 spiro atoms. The number of nitrogens with zero attached hydrogens (tertiary/aromatic N) is 1. The number of rotatable bonds is 5. The van der Waals surface area contributed by atoms with E-state index in [4.69, 9.17) is 0 Å². The lowest BCUT2D eigenvalue weighted by Gasteiger charge is -2.27. The van der Waals surface area contributed by atoms with Crippen molar-refractivity contribution in [1.29, 1.82) is 0 Å². The van der Waals surface area contributed by atoms with Crippen molar-refractivity contribution in [2.45, 2.75) is 13.8 Å². The van der Waals surface area contributed by atoms with Crippen molar-refractivity contribution in [1.82, 2.24) is 5.32 Å². The largest absolute Gasteiger partial charge is 0.396 e. The maximum atomic E-state index is 12.6. The molecule has 0 aliphatic rings. The van der Waals surface area contributed by atoms with Crippen molar-refractivity contribution in [3.8, 4) is 0 Å². The summed E-state index contributed by atoms with van der Waals surface area (Å²) in [6.45, 7) is 4.23. The normalized spacial score (nSPS) is 11.0. The Morgan fingerprint density at radius 3 is 1.86 bits per heavy atom. The number of anilines is 2. The fraction of sp³-hybridized carbons (Fsp3) is 0.278. The molecule has 0 atom stereocenters. The molecule has 0 unspecified atom stereocenters. The second-order valence-corrected chi connectivity index (χ2v) is 5.99. The van der Waals surface area contributed by atoms with Gasteiger partial charge >= 0.3 is 6.03 Å². The number of hydrogen-bond acceptors (Lipinski definition) is 2. The van der Waals surface area contributed by atoms with Crippen molar-refractivity contribution >= 4 is 17.4 Å². The Balaban J connectivity index is 2.24. The van der Waals surface area contributed by atoms with E-state index in [0.717, 1.165) is 11.4 Å². The molecule has 0 bridgehead atoms. The molecular formula is C18H22N2O2. The number of urea groups is 1. The summed E-state index contributed by atoms with van der Waals surface area (Å²) in [6, 6.07) is 18.8. The quantitative estimate of drug-likeness (QED) is 0.887. The number of hydrogen-bond donors (Lipinski definition) is 2. The summed E-state index contributed by atoms with van der Waals surface area (Å²) in [5.41, 5.74) is 1.25. The smallest absolute Gasteiger partial charge is 0.326 e. The van der Waals surface area contributed by atoms with Crippen LogP contribution in [0.4, 0.5) is 16.2 Å². The fourth-order valence-electron chi connectivity index (χ4n) is 1.99. The molecule has 0 heterocycles. The van der Waals surface area contributed by atoms with Crippen molar-refractivity contribution in [2.24, 2.45) is 5.41 Å². The van der Waals surface area contributed by atoms with E-state index in [1.165, 1.54) is 0 Å². The number of benzene rings is 2. The van der Waals surface area contributed by atoms with Crippen LogP contribution in [0.25, 0.3) is 0 Å². The van der Waals surface area contributed by atoms with Crippen LogP contribution in [0.2, 0.25) is 0 Å². The van der Waals surface area contributed by atoms with E-state index < -0.39 is 0 Å². The standard InChI is InChI=1S/C18H22N2O2/c1-18(2,14-21)13-19-17(22)20(15-9-5-3-6-10-15)16-11-7-4-8-12-16/h3-12,21H,13-14H2,1-2H3,(H,19,22). The molecule has 0 aromatic heterocycles. The Labute approximate surface area is 131 Å². The molecule has 116 valence electrons. The monoisotopic (exact) mass is 298 g/mol. The molecule has 4 heteroatoms. The molecule has 2 N–H and O–H groups in total. The first kappa shape index (κ1) is 16.0. The second kappa shape index (κ2) is 7.09. The highest BCUT2D eigenvalue weighted by molar-refractivity contribution is 5.99. The van der Waals surface area contributed by atoms with Gasteiger partial charge in [-0.05, 0) is 24.3 Å². The van der Waals surface area contributed by atoms with E-state index in [1.807, 2.05) is 74.5 Å². The summed E-state index contributed by atoms with van der Waals surface area (Å²) in [4.78, 5) is 14.3. The SMILES string of the molecule is CC(C)(CO)CNC(=O)N(c1ccccc1)c1ccccc1. The predicted octanol–water partition coefficient (Wildman–Crippen LogP) is 3.55. The van der Waals surface area contributed by atoms with Gasteiger partial charge in [-0.3, -0.25) is 4.90 Å². The molecule has 0 aliphatic heterocycles. The van der Waals surface area contributed by atoms with Crippen LogP contribution in [-0.2, 0) is 0 Å². The lowest BCUT2D eigenvalue weighted by molar-refractivity contribution is 0.158. The zero-order chi connectivity index (χ0) is 16.0. The van der Waals surface area contributed by atoms with E-state index >= 15 is 0 Å². The van der Waals surface area contributed by atoms with Crippen LogP contribution in [0.1, 0.15) is 13.8 Å². The number of para-hydroxylation sites is 2. The molecule has 22 heavy (non-hydrogen) atoms.